The van der Waals surface area contributed by atoms with Gasteiger partial charge in [0.25, 0.3) is 0 Å². The lowest BCUT2D eigenvalue weighted by molar-refractivity contribution is 0.713. The van der Waals surface area contributed by atoms with Crippen molar-refractivity contribution in [1.29, 1.82) is 0 Å². The molecule has 0 saturated heterocycles. The number of nitrogens with two attached hydrogens (primary N) is 1. The average Bonchev–Trinajstić information content (AvgIpc) is 2.47. The Morgan fingerprint density at radius 1 is 1.54 bits per heavy atom. The van der Waals surface area contributed by atoms with Gasteiger partial charge in [0.2, 0.25) is 0 Å². The largest absolute Gasteiger partial charge is 0.324 e. The summed E-state index contributed by atoms with van der Waals surface area (Å²) in [6.07, 6.45) is 3.25. The highest BCUT2D eigenvalue weighted by Gasteiger charge is 2.21. The molecule has 2 N–H and O–H groups in total. The zero-order valence-electron chi connectivity index (χ0n) is 7.81. The van der Waals surface area contributed by atoms with Crippen LogP contribution in [0.5, 0.6) is 0 Å². The molecule has 1 aliphatic rings. The summed E-state index contributed by atoms with van der Waals surface area (Å²) in [5.41, 5.74) is 10.1. The highest BCUT2D eigenvalue weighted by molar-refractivity contribution is 6.30. The summed E-state index contributed by atoms with van der Waals surface area (Å²) in [7, 11) is 0. The van der Waals surface area contributed by atoms with Gasteiger partial charge < -0.3 is 5.73 Å². The Kier molecular flexibility index (Phi) is 2.31. The van der Waals surface area contributed by atoms with Crippen LogP contribution in [0.1, 0.15) is 36.1 Å². The van der Waals surface area contributed by atoms with Crippen molar-refractivity contribution >= 4 is 11.6 Å². The Morgan fingerprint density at radius 3 is 3.00 bits per heavy atom. The smallest absolute Gasteiger partial charge is 0.0412 e. The average molecular weight is 196 g/mol. The molecule has 2 heteroatoms. The third kappa shape index (κ3) is 1.47. The molecule has 13 heavy (non-hydrogen) atoms. The van der Waals surface area contributed by atoms with Crippen molar-refractivity contribution < 1.29 is 0 Å². The molecule has 0 saturated carbocycles. The van der Waals surface area contributed by atoms with Gasteiger partial charge in [0, 0.05) is 11.1 Å². The number of hydrogen-bond donors (Lipinski definition) is 1. The Hall–Kier alpha value is -0.530. The van der Waals surface area contributed by atoms with E-state index in [4.69, 9.17) is 17.3 Å². The van der Waals surface area contributed by atoms with Crippen molar-refractivity contribution in [2.75, 3.05) is 0 Å². The van der Waals surface area contributed by atoms with Crippen molar-refractivity contribution in [2.45, 2.75) is 32.2 Å². The van der Waals surface area contributed by atoms with Gasteiger partial charge in [0.1, 0.15) is 0 Å². The maximum atomic E-state index is 6.02. The normalized spacial score (nSPS) is 20.4. The van der Waals surface area contributed by atoms with E-state index in [2.05, 4.69) is 13.0 Å². The molecule has 0 aliphatic heterocycles. The van der Waals surface area contributed by atoms with Crippen molar-refractivity contribution in [1.82, 2.24) is 0 Å². The van der Waals surface area contributed by atoms with E-state index in [0.717, 1.165) is 24.3 Å². The van der Waals surface area contributed by atoms with Crippen LogP contribution in [0, 0.1) is 0 Å². The van der Waals surface area contributed by atoms with Gasteiger partial charge in [-0.2, -0.15) is 0 Å². The Balaban J connectivity index is 2.56. The van der Waals surface area contributed by atoms with Crippen LogP contribution in [0.3, 0.4) is 0 Å². The van der Waals surface area contributed by atoms with Crippen LogP contribution < -0.4 is 5.73 Å². The molecule has 0 amide bonds. The standard InChI is InChI=1S/C11H14ClN/c1-2-7-5-8(12)6-10-9(7)3-4-11(10)13/h5-6,11H,2-4,13H2,1H3. The van der Waals surface area contributed by atoms with E-state index < -0.39 is 0 Å². The third-order valence-electron chi connectivity index (χ3n) is 2.83. The summed E-state index contributed by atoms with van der Waals surface area (Å²) in [5.74, 6) is 0. The number of benzene rings is 1. The molecule has 1 nitrogen and oxygen atoms in total. The minimum absolute atomic E-state index is 0.207. The van der Waals surface area contributed by atoms with Gasteiger partial charge in [-0.05, 0) is 48.1 Å². The van der Waals surface area contributed by atoms with E-state index in [9.17, 15) is 0 Å². The van der Waals surface area contributed by atoms with Gasteiger partial charge in [0.15, 0.2) is 0 Å². The number of halogens is 1. The van der Waals surface area contributed by atoms with Crippen LogP contribution >= 0.6 is 11.6 Å². The molecule has 70 valence electrons. The van der Waals surface area contributed by atoms with Gasteiger partial charge in [-0.1, -0.05) is 18.5 Å². The summed E-state index contributed by atoms with van der Waals surface area (Å²) in [6, 6.07) is 4.30. The Morgan fingerprint density at radius 2 is 2.31 bits per heavy atom. The molecule has 1 aromatic rings. The fourth-order valence-corrected chi connectivity index (χ4v) is 2.37. The predicted octanol–water partition coefficient (Wildman–Crippen LogP) is 2.85. The first-order valence-electron chi connectivity index (χ1n) is 4.79. The third-order valence-corrected chi connectivity index (χ3v) is 3.05. The van der Waals surface area contributed by atoms with Crippen molar-refractivity contribution in [2.24, 2.45) is 5.73 Å². The van der Waals surface area contributed by atoms with E-state index in [0.29, 0.717) is 0 Å². The van der Waals surface area contributed by atoms with E-state index >= 15 is 0 Å². The molecule has 1 unspecified atom stereocenters. The number of fused-ring (bicyclic) bond motifs is 1. The Bertz CT molecular complexity index is 333. The lowest BCUT2D eigenvalue weighted by Gasteiger charge is -2.09. The molecule has 0 bridgehead atoms. The van der Waals surface area contributed by atoms with Crippen LogP contribution in [0.4, 0.5) is 0 Å². The van der Waals surface area contributed by atoms with Gasteiger partial charge >= 0.3 is 0 Å². The highest BCUT2D eigenvalue weighted by atomic mass is 35.5. The molecule has 1 aliphatic carbocycles. The van der Waals surface area contributed by atoms with Crippen molar-refractivity contribution in [3.8, 4) is 0 Å². The van der Waals surface area contributed by atoms with Gasteiger partial charge in [0.05, 0.1) is 0 Å². The van der Waals surface area contributed by atoms with Crippen LogP contribution in [0.2, 0.25) is 5.02 Å². The van der Waals surface area contributed by atoms with Crippen LogP contribution in [0.15, 0.2) is 12.1 Å². The van der Waals surface area contributed by atoms with Crippen LogP contribution in [-0.2, 0) is 12.8 Å². The molecule has 1 atom stereocenters. The molecular formula is C11H14ClN. The Labute approximate surface area is 83.9 Å². The van der Waals surface area contributed by atoms with Crippen LogP contribution in [0.25, 0.3) is 0 Å². The maximum absolute atomic E-state index is 6.02. The van der Waals surface area contributed by atoms with E-state index in [1.54, 1.807) is 0 Å². The second-order valence-corrected chi connectivity index (χ2v) is 4.07. The lowest BCUT2D eigenvalue weighted by Crippen LogP contribution is -2.05. The van der Waals surface area contributed by atoms with E-state index in [1.807, 2.05) is 6.07 Å². The fourth-order valence-electron chi connectivity index (χ4n) is 2.12. The zero-order chi connectivity index (χ0) is 9.42. The monoisotopic (exact) mass is 195 g/mol. The van der Waals surface area contributed by atoms with Gasteiger partial charge in [-0.15, -0.1) is 0 Å². The topological polar surface area (TPSA) is 26.0 Å². The summed E-state index contributed by atoms with van der Waals surface area (Å²) in [5, 5.41) is 0.827. The van der Waals surface area contributed by atoms with Crippen molar-refractivity contribution in [3.05, 3.63) is 33.8 Å². The first kappa shape index (κ1) is 9.04. The zero-order valence-corrected chi connectivity index (χ0v) is 8.56. The fraction of sp³-hybridized carbons (Fsp3) is 0.455. The molecular weight excluding hydrogens is 182 g/mol. The second kappa shape index (κ2) is 3.32. The number of hydrogen-bond acceptors (Lipinski definition) is 1. The van der Waals surface area contributed by atoms with Crippen LogP contribution in [-0.4, -0.2) is 0 Å². The first-order chi connectivity index (χ1) is 6.22. The molecule has 1 aromatic carbocycles. The molecule has 0 fully saturated rings. The summed E-state index contributed by atoms with van der Waals surface area (Å²) in [4.78, 5) is 0. The first-order valence-corrected chi connectivity index (χ1v) is 5.17. The second-order valence-electron chi connectivity index (χ2n) is 3.63. The van der Waals surface area contributed by atoms with Crippen molar-refractivity contribution in [3.63, 3.8) is 0 Å². The molecule has 2 rings (SSSR count). The SMILES string of the molecule is CCc1cc(Cl)cc2c1CCC2N. The van der Waals surface area contributed by atoms with E-state index in [-0.39, 0.29) is 6.04 Å². The minimum atomic E-state index is 0.207. The summed E-state index contributed by atoms with van der Waals surface area (Å²) in [6.45, 7) is 2.16. The van der Waals surface area contributed by atoms with Gasteiger partial charge in [-0.25, -0.2) is 0 Å². The summed E-state index contributed by atoms with van der Waals surface area (Å²) >= 11 is 6.02. The molecule has 0 heterocycles. The maximum Gasteiger partial charge on any atom is 0.0412 e. The van der Waals surface area contributed by atoms with Gasteiger partial charge in [-0.3, -0.25) is 0 Å². The number of rotatable bonds is 1. The molecule has 0 radical (unpaired) electrons. The minimum Gasteiger partial charge on any atom is -0.324 e. The highest BCUT2D eigenvalue weighted by Crippen LogP contribution is 2.34. The predicted molar refractivity (Wildman–Crippen MR) is 56.1 cm³/mol. The quantitative estimate of drug-likeness (QED) is 0.733. The molecule has 0 spiro atoms. The van der Waals surface area contributed by atoms with E-state index in [1.165, 1.54) is 16.7 Å². The lowest BCUT2D eigenvalue weighted by atomic mass is 10.0. The number of aryl methyl sites for hydroxylation is 1. The molecule has 0 aromatic heterocycles. The summed E-state index contributed by atoms with van der Waals surface area (Å²) < 4.78 is 0.